The second-order valence-corrected chi connectivity index (χ2v) is 4.97. The maximum absolute atomic E-state index is 10.8. The van der Waals surface area contributed by atoms with Crippen LogP contribution in [0.1, 0.15) is 63.5 Å². The third kappa shape index (κ3) is 6.85. The molecule has 1 rings (SSSR count). The highest BCUT2D eigenvalue weighted by molar-refractivity contribution is 5.65. The van der Waals surface area contributed by atoms with Crippen molar-refractivity contribution in [2.24, 2.45) is 0 Å². The summed E-state index contributed by atoms with van der Waals surface area (Å²) in [4.78, 5) is 10.8. The van der Waals surface area contributed by atoms with Crippen molar-refractivity contribution in [3.8, 4) is 0 Å². The summed E-state index contributed by atoms with van der Waals surface area (Å²) < 4.78 is 0. The van der Waals surface area contributed by atoms with Gasteiger partial charge in [0.25, 0.3) is 0 Å². The van der Waals surface area contributed by atoms with E-state index in [1.165, 1.54) is 32.1 Å². The van der Waals surface area contributed by atoms with Crippen LogP contribution in [0.5, 0.6) is 0 Å². The molecule has 1 aromatic rings. The summed E-state index contributed by atoms with van der Waals surface area (Å²) >= 11 is 0. The quantitative estimate of drug-likeness (QED) is 0.632. The molecule has 0 spiro atoms. The smallest absolute Gasteiger partial charge is 0.405 e. The fourth-order valence-corrected chi connectivity index (χ4v) is 2.29. The minimum absolute atomic E-state index is 0.0788. The van der Waals surface area contributed by atoms with Gasteiger partial charge in [-0.15, -0.1) is 0 Å². The number of hydrogen-bond acceptors (Lipinski definition) is 1. The maximum atomic E-state index is 10.8. The number of benzene rings is 1. The van der Waals surface area contributed by atoms with E-state index in [0.29, 0.717) is 0 Å². The zero-order chi connectivity index (χ0) is 13.9. The average Bonchev–Trinajstić information content (AvgIpc) is 2.42. The molecule has 0 saturated heterocycles. The molecule has 2 N–H and O–H groups in total. The number of carboxylic acid groups (broad SMARTS) is 1. The van der Waals surface area contributed by atoms with Crippen molar-refractivity contribution in [2.45, 2.75) is 57.9 Å². The Morgan fingerprint density at radius 2 is 1.74 bits per heavy atom. The number of amides is 1. The van der Waals surface area contributed by atoms with Crippen LogP contribution in [0.15, 0.2) is 30.3 Å². The first-order valence-electron chi connectivity index (χ1n) is 7.28. The van der Waals surface area contributed by atoms with Gasteiger partial charge in [0.15, 0.2) is 0 Å². The number of rotatable bonds is 9. The van der Waals surface area contributed by atoms with Crippen molar-refractivity contribution in [3.05, 3.63) is 35.9 Å². The second-order valence-electron chi connectivity index (χ2n) is 4.97. The highest BCUT2D eigenvalue weighted by Crippen LogP contribution is 2.20. The molecule has 3 heteroatoms. The standard InChI is InChI=1S/C16H25NO2/c1-2-3-4-5-6-10-13-15(17-16(18)19)14-11-8-7-9-12-14/h7-9,11-12,15,17H,2-6,10,13H2,1H3,(H,18,19). The van der Waals surface area contributed by atoms with Crippen LogP contribution in [-0.2, 0) is 0 Å². The predicted octanol–water partition coefficient (Wildman–Crippen LogP) is 4.75. The van der Waals surface area contributed by atoms with E-state index in [2.05, 4.69) is 12.2 Å². The zero-order valence-electron chi connectivity index (χ0n) is 11.8. The van der Waals surface area contributed by atoms with Gasteiger partial charge in [0, 0.05) is 0 Å². The Balaban J connectivity index is 2.36. The molecule has 106 valence electrons. The fourth-order valence-electron chi connectivity index (χ4n) is 2.29. The van der Waals surface area contributed by atoms with Crippen LogP contribution in [0.25, 0.3) is 0 Å². The van der Waals surface area contributed by atoms with E-state index in [9.17, 15) is 4.79 Å². The summed E-state index contributed by atoms with van der Waals surface area (Å²) in [5.41, 5.74) is 1.05. The number of unbranched alkanes of at least 4 members (excludes halogenated alkanes) is 5. The summed E-state index contributed by atoms with van der Waals surface area (Å²) in [6.07, 6.45) is 7.29. The molecule has 0 radical (unpaired) electrons. The van der Waals surface area contributed by atoms with E-state index < -0.39 is 6.09 Å². The van der Waals surface area contributed by atoms with E-state index in [-0.39, 0.29) is 6.04 Å². The van der Waals surface area contributed by atoms with E-state index in [1.807, 2.05) is 30.3 Å². The first-order chi connectivity index (χ1) is 9.24. The molecular formula is C16H25NO2. The van der Waals surface area contributed by atoms with Gasteiger partial charge < -0.3 is 10.4 Å². The van der Waals surface area contributed by atoms with Crippen LogP contribution < -0.4 is 5.32 Å². The third-order valence-corrected chi connectivity index (χ3v) is 3.35. The van der Waals surface area contributed by atoms with Crippen LogP contribution in [0.2, 0.25) is 0 Å². The van der Waals surface area contributed by atoms with Crippen LogP contribution in [-0.4, -0.2) is 11.2 Å². The van der Waals surface area contributed by atoms with Crippen LogP contribution in [0, 0.1) is 0 Å². The largest absolute Gasteiger partial charge is 0.465 e. The molecular weight excluding hydrogens is 238 g/mol. The molecule has 0 aromatic heterocycles. The molecule has 0 saturated carbocycles. The summed E-state index contributed by atoms with van der Waals surface area (Å²) in [6.45, 7) is 2.21. The Labute approximate surface area is 116 Å². The van der Waals surface area contributed by atoms with E-state index >= 15 is 0 Å². The fraction of sp³-hybridized carbons (Fsp3) is 0.562. The van der Waals surface area contributed by atoms with Gasteiger partial charge in [-0.1, -0.05) is 75.8 Å². The summed E-state index contributed by atoms with van der Waals surface area (Å²) in [5.74, 6) is 0. The topological polar surface area (TPSA) is 49.3 Å². The van der Waals surface area contributed by atoms with Crippen LogP contribution in [0.3, 0.4) is 0 Å². The Hall–Kier alpha value is -1.51. The number of carbonyl (C=O) groups is 1. The molecule has 0 fully saturated rings. The molecule has 0 aliphatic heterocycles. The number of nitrogens with one attached hydrogen (secondary N) is 1. The lowest BCUT2D eigenvalue weighted by atomic mass is 10.00. The Morgan fingerprint density at radius 3 is 2.37 bits per heavy atom. The van der Waals surface area contributed by atoms with Crippen molar-refractivity contribution in [1.29, 1.82) is 0 Å². The Kier molecular flexibility index (Phi) is 7.71. The maximum Gasteiger partial charge on any atom is 0.405 e. The van der Waals surface area contributed by atoms with Gasteiger partial charge in [-0.2, -0.15) is 0 Å². The molecule has 1 aromatic carbocycles. The molecule has 1 atom stereocenters. The minimum Gasteiger partial charge on any atom is -0.465 e. The van der Waals surface area contributed by atoms with Crippen molar-refractivity contribution >= 4 is 6.09 Å². The Bertz CT molecular complexity index is 351. The number of hydrogen-bond donors (Lipinski definition) is 2. The average molecular weight is 263 g/mol. The van der Waals surface area contributed by atoms with E-state index in [1.54, 1.807) is 0 Å². The van der Waals surface area contributed by atoms with Gasteiger partial charge in [0.05, 0.1) is 6.04 Å². The van der Waals surface area contributed by atoms with Crippen molar-refractivity contribution in [3.63, 3.8) is 0 Å². The first kappa shape index (κ1) is 15.5. The molecule has 0 aliphatic carbocycles. The SMILES string of the molecule is CCCCCCCCC(NC(=O)O)c1ccccc1. The molecule has 0 heterocycles. The lowest BCUT2D eigenvalue weighted by molar-refractivity contribution is 0.189. The molecule has 19 heavy (non-hydrogen) atoms. The van der Waals surface area contributed by atoms with Crippen molar-refractivity contribution in [2.75, 3.05) is 0 Å². The molecule has 1 amide bonds. The third-order valence-electron chi connectivity index (χ3n) is 3.35. The van der Waals surface area contributed by atoms with Gasteiger partial charge in [-0.3, -0.25) is 0 Å². The van der Waals surface area contributed by atoms with Crippen LogP contribution >= 0.6 is 0 Å². The summed E-state index contributed by atoms with van der Waals surface area (Å²) in [7, 11) is 0. The first-order valence-corrected chi connectivity index (χ1v) is 7.28. The lowest BCUT2D eigenvalue weighted by Crippen LogP contribution is -2.26. The summed E-state index contributed by atoms with van der Waals surface area (Å²) in [6, 6.07) is 9.74. The normalized spacial score (nSPS) is 12.1. The van der Waals surface area contributed by atoms with Gasteiger partial charge >= 0.3 is 6.09 Å². The lowest BCUT2D eigenvalue weighted by Gasteiger charge is -2.17. The van der Waals surface area contributed by atoms with Gasteiger partial charge in [-0.25, -0.2) is 4.79 Å². The molecule has 0 bridgehead atoms. The van der Waals surface area contributed by atoms with E-state index in [0.717, 1.165) is 18.4 Å². The predicted molar refractivity (Wildman–Crippen MR) is 78.3 cm³/mol. The second kappa shape index (κ2) is 9.42. The highest BCUT2D eigenvalue weighted by atomic mass is 16.4. The van der Waals surface area contributed by atoms with Gasteiger partial charge in [-0.05, 0) is 12.0 Å². The van der Waals surface area contributed by atoms with E-state index in [4.69, 9.17) is 5.11 Å². The van der Waals surface area contributed by atoms with Crippen molar-refractivity contribution in [1.82, 2.24) is 5.32 Å². The molecule has 3 nitrogen and oxygen atoms in total. The monoisotopic (exact) mass is 263 g/mol. The van der Waals surface area contributed by atoms with Gasteiger partial charge in [0.1, 0.15) is 0 Å². The minimum atomic E-state index is -0.945. The Morgan fingerprint density at radius 1 is 1.11 bits per heavy atom. The molecule has 1 unspecified atom stereocenters. The van der Waals surface area contributed by atoms with Crippen molar-refractivity contribution < 1.29 is 9.90 Å². The summed E-state index contributed by atoms with van der Waals surface area (Å²) in [5, 5.41) is 11.5. The van der Waals surface area contributed by atoms with Crippen LogP contribution in [0.4, 0.5) is 4.79 Å². The molecule has 0 aliphatic rings. The zero-order valence-corrected chi connectivity index (χ0v) is 11.8. The van der Waals surface area contributed by atoms with Gasteiger partial charge in [0.2, 0.25) is 0 Å². The highest BCUT2D eigenvalue weighted by Gasteiger charge is 2.12.